The first kappa shape index (κ1) is 21.6. The Morgan fingerprint density at radius 2 is 1.57 bits per heavy atom. The molecule has 0 atom stereocenters. The standard InChI is InChI=1S/C24H23FN2O2S/c1-17(2)27(26-24(29)19-8-4-3-5-9-19)23(28)16-30-22-11-7-6-10-21(22)18-12-14-20(25)15-13-18/h3-15,17H,16H2,1-2H3,(H,26,29). The predicted octanol–water partition coefficient (Wildman–Crippen LogP) is 5.17. The van der Waals surface area contributed by atoms with Crippen LogP contribution in [0.3, 0.4) is 0 Å². The number of carbonyl (C=O) groups is 2. The Morgan fingerprint density at radius 1 is 0.933 bits per heavy atom. The number of rotatable bonds is 6. The van der Waals surface area contributed by atoms with Gasteiger partial charge in [-0.3, -0.25) is 20.0 Å². The molecule has 0 aromatic heterocycles. The van der Waals surface area contributed by atoms with Crippen LogP contribution >= 0.6 is 11.8 Å². The second kappa shape index (κ2) is 10.1. The highest BCUT2D eigenvalue weighted by atomic mass is 32.2. The van der Waals surface area contributed by atoms with Crippen LogP contribution in [0.4, 0.5) is 4.39 Å². The van der Waals surface area contributed by atoms with Crippen molar-refractivity contribution in [3.63, 3.8) is 0 Å². The van der Waals surface area contributed by atoms with Crippen molar-refractivity contribution in [1.29, 1.82) is 0 Å². The molecule has 154 valence electrons. The summed E-state index contributed by atoms with van der Waals surface area (Å²) in [7, 11) is 0. The first-order valence-corrected chi connectivity index (χ1v) is 10.6. The number of benzene rings is 3. The molecule has 0 aliphatic rings. The Labute approximate surface area is 180 Å². The van der Waals surface area contributed by atoms with Gasteiger partial charge in [-0.15, -0.1) is 11.8 Å². The summed E-state index contributed by atoms with van der Waals surface area (Å²) >= 11 is 1.39. The van der Waals surface area contributed by atoms with E-state index in [-0.39, 0.29) is 29.4 Å². The number of amides is 2. The van der Waals surface area contributed by atoms with E-state index in [1.165, 1.54) is 28.9 Å². The van der Waals surface area contributed by atoms with Crippen LogP contribution in [0.1, 0.15) is 24.2 Å². The molecular formula is C24H23FN2O2S. The number of hydrogen-bond acceptors (Lipinski definition) is 3. The summed E-state index contributed by atoms with van der Waals surface area (Å²) in [6, 6.07) is 22.5. The molecule has 0 spiro atoms. The van der Waals surface area contributed by atoms with Crippen molar-refractivity contribution in [2.45, 2.75) is 24.8 Å². The van der Waals surface area contributed by atoms with Crippen LogP contribution in [0.5, 0.6) is 0 Å². The van der Waals surface area contributed by atoms with E-state index in [9.17, 15) is 14.0 Å². The van der Waals surface area contributed by atoms with E-state index in [1.54, 1.807) is 36.4 Å². The lowest BCUT2D eigenvalue weighted by Gasteiger charge is -2.27. The smallest absolute Gasteiger partial charge is 0.269 e. The zero-order valence-corrected chi connectivity index (χ0v) is 17.7. The Morgan fingerprint density at radius 3 is 2.23 bits per heavy atom. The normalized spacial score (nSPS) is 10.7. The molecule has 0 radical (unpaired) electrons. The minimum Gasteiger partial charge on any atom is -0.272 e. The third-order valence-electron chi connectivity index (χ3n) is 4.44. The summed E-state index contributed by atoms with van der Waals surface area (Å²) in [6.07, 6.45) is 0. The van der Waals surface area contributed by atoms with E-state index < -0.39 is 0 Å². The highest BCUT2D eigenvalue weighted by molar-refractivity contribution is 8.00. The van der Waals surface area contributed by atoms with Gasteiger partial charge >= 0.3 is 0 Å². The first-order chi connectivity index (χ1) is 14.5. The Hall–Kier alpha value is -3.12. The van der Waals surface area contributed by atoms with Crippen molar-refractivity contribution < 1.29 is 14.0 Å². The largest absolute Gasteiger partial charge is 0.272 e. The average molecular weight is 423 g/mol. The maximum atomic E-state index is 13.3. The highest BCUT2D eigenvalue weighted by Crippen LogP contribution is 2.31. The van der Waals surface area contributed by atoms with Crippen LogP contribution in [0.2, 0.25) is 0 Å². The van der Waals surface area contributed by atoms with Gasteiger partial charge in [0.15, 0.2) is 0 Å². The number of thioether (sulfide) groups is 1. The molecule has 6 heteroatoms. The lowest BCUT2D eigenvalue weighted by Crippen LogP contribution is -2.50. The van der Waals surface area contributed by atoms with Gasteiger partial charge in [0.25, 0.3) is 11.8 Å². The third-order valence-corrected chi connectivity index (χ3v) is 5.49. The van der Waals surface area contributed by atoms with Crippen molar-refractivity contribution in [2.24, 2.45) is 0 Å². The number of nitrogens with zero attached hydrogens (tertiary/aromatic N) is 1. The van der Waals surface area contributed by atoms with Gasteiger partial charge in [0.1, 0.15) is 5.82 Å². The van der Waals surface area contributed by atoms with Crippen molar-refractivity contribution in [3.05, 3.63) is 90.2 Å². The number of nitrogens with one attached hydrogen (secondary N) is 1. The average Bonchev–Trinajstić information content (AvgIpc) is 2.77. The molecule has 0 aliphatic carbocycles. The molecule has 3 rings (SSSR count). The zero-order chi connectivity index (χ0) is 21.5. The third kappa shape index (κ3) is 5.48. The molecule has 3 aromatic rings. The van der Waals surface area contributed by atoms with Crippen LogP contribution in [-0.4, -0.2) is 28.6 Å². The second-order valence-corrected chi connectivity index (χ2v) is 7.97. The van der Waals surface area contributed by atoms with E-state index in [4.69, 9.17) is 0 Å². The minimum atomic E-state index is -0.325. The maximum Gasteiger partial charge on any atom is 0.269 e. The van der Waals surface area contributed by atoms with Crippen LogP contribution < -0.4 is 5.43 Å². The monoisotopic (exact) mass is 422 g/mol. The van der Waals surface area contributed by atoms with Crippen LogP contribution in [0, 0.1) is 5.82 Å². The van der Waals surface area contributed by atoms with Gasteiger partial charge in [-0.25, -0.2) is 4.39 Å². The topological polar surface area (TPSA) is 49.4 Å². The van der Waals surface area contributed by atoms with Crippen LogP contribution in [0.15, 0.2) is 83.8 Å². The van der Waals surface area contributed by atoms with Crippen molar-refractivity contribution in [2.75, 3.05) is 5.75 Å². The van der Waals surface area contributed by atoms with E-state index in [2.05, 4.69) is 5.43 Å². The fourth-order valence-electron chi connectivity index (χ4n) is 2.91. The molecule has 0 aliphatic heterocycles. The molecule has 0 bridgehead atoms. The fraction of sp³-hybridized carbons (Fsp3) is 0.167. The van der Waals surface area contributed by atoms with Gasteiger partial charge in [-0.2, -0.15) is 0 Å². The second-order valence-electron chi connectivity index (χ2n) is 6.96. The molecular weight excluding hydrogens is 399 g/mol. The quantitative estimate of drug-likeness (QED) is 0.441. The molecule has 30 heavy (non-hydrogen) atoms. The number of hydrogen-bond donors (Lipinski definition) is 1. The SMILES string of the molecule is CC(C)N(NC(=O)c1ccccc1)C(=O)CSc1ccccc1-c1ccc(F)cc1. The molecule has 1 N–H and O–H groups in total. The predicted molar refractivity (Wildman–Crippen MR) is 118 cm³/mol. The van der Waals surface area contributed by atoms with Crippen LogP contribution in [0.25, 0.3) is 11.1 Å². The summed E-state index contributed by atoms with van der Waals surface area (Å²) in [5.41, 5.74) is 5.01. The lowest BCUT2D eigenvalue weighted by molar-refractivity contribution is -0.132. The van der Waals surface area contributed by atoms with Gasteiger partial charge in [-0.1, -0.05) is 48.5 Å². The Kier molecular flexibility index (Phi) is 7.25. The summed E-state index contributed by atoms with van der Waals surface area (Å²) < 4.78 is 13.3. The molecule has 0 heterocycles. The lowest BCUT2D eigenvalue weighted by atomic mass is 10.1. The summed E-state index contributed by atoms with van der Waals surface area (Å²) in [4.78, 5) is 26.2. The molecule has 0 saturated heterocycles. The Bertz CT molecular complexity index is 1010. The van der Waals surface area contributed by atoms with Crippen molar-refractivity contribution in [1.82, 2.24) is 10.4 Å². The van der Waals surface area contributed by atoms with E-state index in [1.807, 2.05) is 44.2 Å². The van der Waals surface area contributed by atoms with Gasteiger partial charge in [-0.05, 0) is 55.3 Å². The minimum absolute atomic E-state index is 0.158. The fourth-order valence-corrected chi connectivity index (χ4v) is 3.85. The van der Waals surface area contributed by atoms with Gasteiger partial charge in [0.05, 0.1) is 5.75 Å². The summed E-state index contributed by atoms with van der Waals surface area (Å²) in [6.45, 7) is 3.70. The number of carbonyl (C=O) groups excluding carboxylic acids is 2. The van der Waals surface area contributed by atoms with E-state index >= 15 is 0 Å². The molecule has 2 amide bonds. The number of hydrazine groups is 1. The first-order valence-electron chi connectivity index (χ1n) is 9.61. The molecule has 0 unspecified atom stereocenters. The molecule has 4 nitrogen and oxygen atoms in total. The van der Waals surface area contributed by atoms with Gasteiger partial charge in [0, 0.05) is 16.5 Å². The van der Waals surface area contributed by atoms with E-state index in [0.29, 0.717) is 5.56 Å². The van der Waals surface area contributed by atoms with Crippen LogP contribution in [-0.2, 0) is 4.79 Å². The Balaban J connectivity index is 1.70. The van der Waals surface area contributed by atoms with Crippen molar-refractivity contribution >= 4 is 23.6 Å². The summed E-state index contributed by atoms with van der Waals surface area (Å²) in [5.74, 6) is -0.658. The number of halogens is 1. The van der Waals surface area contributed by atoms with Crippen molar-refractivity contribution in [3.8, 4) is 11.1 Å². The summed E-state index contributed by atoms with van der Waals surface area (Å²) in [5, 5.41) is 1.36. The molecule has 3 aromatic carbocycles. The van der Waals surface area contributed by atoms with Gasteiger partial charge < -0.3 is 0 Å². The molecule has 0 saturated carbocycles. The highest BCUT2D eigenvalue weighted by Gasteiger charge is 2.21. The zero-order valence-electron chi connectivity index (χ0n) is 16.8. The molecule has 0 fully saturated rings. The maximum absolute atomic E-state index is 13.3. The van der Waals surface area contributed by atoms with E-state index in [0.717, 1.165) is 16.0 Å². The van der Waals surface area contributed by atoms with Gasteiger partial charge in [0.2, 0.25) is 0 Å².